The van der Waals surface area contributed by atoms with E-state index in [-0.39, 0.29) is 0 Å². The van der Waals surface area contributed by atoms with Gasteiger partial charge in [-0.15, -0.1) is 10.2 Å². The normalized spacial score (nSPS) is 16.0. The monoisotopic (exact) mass is 473 g/mol. The SMILES string of the molecule is O=[N+]([O-])C(CCc1nnc(C(F)(F)C(F)(F)S(F)(F)(F)(F)F)o1)([N+](=O)[O-])[N+](=O)[O-]. The van der Waals surface area contributed by atoms with Gasteiger partial charge >= 0.3 is 27.2 Å². The Bertz CT molecular complexity index is 835. The summed E-state index contributed by atoms with van der Waals surface area (Å²) in [6, 6.07) is 0. The Morgan fingerprint density at radius 3 is 1.62 bits per heavy atom. The number of hydrogen-bond donors (Lipinski definition) is 0. The molecule has 1 rings (SSSR count). The second-order valence-corrected chi connectivity index (χ2v) is 7.56. The summed E-state index contributed by atoms with van der Waals surface area (Å²) in [6.45, 7) is 0. The van der Waals surface area contributed by atoms with E-state index >= 15 is 0 Å². The quantitative estimate of drug-likeness (QED) is 0.226. The Morgan fingerprint density at radius 2 is 1.28 bits per heavy atom. The van der Waals surface area contributed by atoms with Crippen molar-refractivity contribution in [3.05, 3.63) is 42.1 Å². The van der Waals surface area contributed by atoms with Gasteiger partial charge < -0.3 is 4.42 Å². The minimum Gasteiger partial charge on any atom is -0.419 e. The zero-order valence-corrected chi connectivity index (χ0v) is 13.6. The highest BCUT2D eigenvalue weighted by molar-refractivity contribution is 8.46. The van der Waals surface area contributed by atoms with Crippen molar-refractivity contribution < 1.29 is 56.2 Å². The van der Waals surface area contributed by atoms with Crippen LogP contribution in [0.25, 0.3) is 0 Å². The van der Waals surface area contributed by atoms with Gasteiger partial charge in [0.2, 0.25) is 5.89 Å². The molecule has 1 aromatic heterocycles. The van der Waals surface area contributed by atoms with E-state index in [9.17, 15) is 67.3 Å². The first-order valence-corrected chi connectivity index (χ1v) is 8.21. The molecule has 0 saturated heterocycles. The van der Waals surface area contributed by atoms with Crippen LogP contribution in [0.3, 0.4) is 0 Å². The Hall–Kier alpha value is -2.94. The molecule has 1 aromatic rings. The summed E-state index contributed by atoms with van der Waals surface area (Å²) in [5.41, 5.74) is 0. The van der Waals surface area contributed by atoms with Crippen LogP contribution < -0.4 is 0 Å². The molecule has 0 aliphatic carbocycles. The van der Waals surface area contributed by atoms with E-state index in [1.165, 1.54) is 0 Å². The molecule has 0 bridgehead atoms. The highest BCUT2D eigenvalue weighted by Gasteiger charge is 2.92. The van der Waals surface area contributed by atoms with Crippen molar-refractivity contribution in [1.29, 1.82) is 0 Å². The third-order valence-corrected chi connectivity index (χ3v) is 4.36. The van der Waals surface area contributed by atoms with Crippen molar-refractivity contribution in [2.45, 2.75) is 29.8 Å². The lowest BCUT2D eigenvalue weighted by Crippen LogP contribution is -2.53. The van der Waals surface area contributed by atoms with Crippen LogP contribution >= 0.6 is 10.2 Å². The molecule has 0 fully saturated rings. The maximum absolute atomic E-state index is 13.4. The first-order chi connectivity index (χ1) is 12.5. The highest BCUT2D eigenvalue weighted by atomic mass is 32.5. The maximum Gasteiger partial charge on any atom is 0.700 e. The van der Waals surface area contributed by atoms with Crippen LogP contribution in [0, 0.1) is 30.3 Å². The van der Waals surface area contributed by atoms with Gasteiger partial charge in [0.05, 0.1) is 0 Å². The number of hydrogen-bond acceptors (Lipinski definition) is 9. The third-order valence-electron chi connectivity index (χ3n) is 3.14. The van der Waals surface area contributed by atoms with E-state index < -0.39 is 66.6 Å². The van der Waals surface area contributed by atoms with Gasteiger partial charge in [-0.2, -0.15) is 17.6 Å². The Morgan fingerprint density at radius 1 is 0.862 bits per heavy atom. The standard InChI is InChI=1S/C7H4F9N5O7S/c8-6(9,7(10,11)29(12,13,14,15)16)4-18-17-3(28-4)1-2-5(19(22)23,20(24)25)21(26)27/h1-2H2. The topological polar surface area (TPSA) is 168 Å². The van der Waals surface area contributed by atoms with Crippen LogP contribution in [0.1, 0.15) is 18.2 Å². The summed E-state index contributed by atoms with van der Waals surface area (Å²) in [5, 5.41) is 28.3. The second-order valence-electron chi connectivity index (χ2n) is 5.11. The molecule has 0 atom stereocenters. The highest BCUT2D eigenvalue weighted by Crippen LogP contribution is 3.06. The van der Waals surface area contributed by atoms with Crippen LogP contribution in [0.2, 0.25) is 0 Å². The van der Waals surface area contributed by atoms with E-state index in [0.717, 1.165) is 0 Å². The van der Waals surface area contributed by atoms with Crippen LogP contribution in [0.5, 0.6) is 0 Å². The predicted octanol–water partition coefficient (Wildman–Crippen LogP) is 3.47. The van der Waals surface area contributed by atoms with Crippen molar-refractivity contribution in [2.75, 3.05) is 0 Å². The number of halogens is 9. The average molecular weight is 473 g/mol. The molecule has 0 aliphatic rings. The zero-order valence-electron chi connectivity index (χ0n) is 12.8. The Kier molecular flexibility index (Phi) is 4.81. The fraction of sp³-hybridized carbons (Fsp3) is 0.714. The van der Waals surface area contributed by atoms with Crippen molar-refractivity contribution in [2.24, 2.45) is 0 Å². The van der Waals surface area contributed by atoms with E-state index in [1.807, 2.05) is 5.10 Å². The molecule has 29 heavy (non-hydrogen) atoms. The van der Waals surface area contributed by atoms with E-state index in [4.69, 9.17) is 0 Å². The molecule has 0 saturated carbocycles. The van der Waals surface area contributed by atoms with Crippen LogP contribution in [-0.2, 0) is 12.3 Å². The maximum atomic E-state index is 13.4. The third kappa shape index (κ3) is 3.69. The van der Waals surface area contributed by atoms with Gasteiger partial charge in [-0.25, -0.2) is 0 Å². The lowest BCUT2D eigenvalue weighted by Gasteiger charge is -2.47. The van der Waals surface area contributed by atoms with Crippen LogP contribution in [-0.4, -0.2) is 36.0 Å². The fourth-order valence-electron chi connectivity index (χ4n) is 1.60. The van der Waals surface area contributed by atoms with E-state index in [2.05, 4.69) is 9.52 Å². The van der Waals surface area contributed by atoms with Gasteiger partial charge in [0.15, 0.2) is 21.2 Å². The molecule has 0 aliphatic heterocycles. The Balaban J connectivity index is 3.29. The molecule has 0 radical (unpaired) electrons. The van der Waals surface area contributed by atoms with Crippen molar-refractivity contribution in [3.8, 4) is 0 Å². The molecule has 0 aromatic carbocycles. The second kappa shape index (κ2) is 5.79. The van der Waals surface area contributed by atoms with Gasteiger partial charge in [-0.3, -0.25) is 30.3 Å². The number of nitro groups is 3. The summed E-state index contributed by atoms with van der Waals surface area (Å²) in [4.78, 5) is 25.8. The smallest absolute Gasteiger partial charge is 0.419 e. The molecule has 0 amide bonds. The Labute approximate surface area is 149 Å². The zero-order chi connectivity index (χ0) is 23.3. The molecule has 12 nitrogen and oxygen atoms in total. The lowest BCUT2D eigenvalue weighted by atomic mass is 10.2. The summed E-state index contributed by atoms with van der Waals surface area (Å²) in [7, 11) is -12.2. The summed E-state index contributed by atoms with van der Waals surface area (Å²) in [5.74, 6) is -15.6. The number of aryl methyl sites for hydroxylation is 1. The molecule has 1 heterocycles. The molecule has 22 heteroatoms. The van der Waals surface area contributed by atoms with Gasteiger partial charge in [0.25, 0.3) is 5.89 Å². The van der Waals surface area contributed by atoms with Gasteiger partial charge in [-0.05, 0) is 0 Å². The number of aromatic nitrogens is 2. The number of alkyl halides is 4. The molecule has 0 N–H and O–H groups in total. The van der Waals surface area contributed by atoms with E-state index in [0.29, 0.717) is 0 Å². The first kappa shape index (κ1) is 24.1. The molecular formula is C7H4F9N5O7S. The number of rotatable bonds is 9. The average Bonchev–Trinajstić information content (AvgIpc) is 2.93. The van der Waals surface area contributed by atoms with Gasteiger partial charge in [0.1, 0.15) is 0 Å². The first-order valence-electron chi connectivity index (χ1n) is 6.26. The predicted molar refractivity (Wildman–Crippen MR) is 68.3 cm³/mol. The molecule has 0 spiro atoms. The summed E-state index contributed by atoms with van der Waals surface area (Å²) >= 11 is 0. The van der Waals surface area contributed by atoms with Gasteiger partial charge in [0, 0.05) is 6.42 Å². The largest absolute Gasteiger partial charge is 0.700 e. The van der Waals surface area contributed by atoms with Crippen molar-refractivity contribution in [3.63, 3.8) is 0 Å². The van der Waals surface area contributed by atoms with Crippen molar-refractivity contribution in [1.82, 2.24) is 10.2 Å². The molecule has 0 unspecified atom stereocenters. The lowest BCUT2D eigenvalue weighted by molar-refractivity contribution is -0.970. The van der Waals surface area contributed by atoms with Gasteiger partial charge in [-0.1, -0.05) is 19.4 Å². The van der Waals surface area contributed by atoms with E-state index in [1.54, 1.807) is 0 Å². The van der Waals surface area contributed by atoms with Crippen LogP contribution in [0.4, 0.5) is 37.0 Å². The minimum atomic E-state index is -12.2. The van der Waals surface area contributed by atoms with Crippen LogP contribution in [0.15, 0.2) is 4.42 Å². The minimum absolute atomic E-state index is 1.52. The fourth-order valence-corrected chi connectivity index (χ4v) is 2.17. The number of nitrogens with zero attached hydrogens (tertiary/aromatic N) is 5. The molecular weight excluding hydrogens is 469 g/mol. The molecule has 168 valence electrons. The summed E-state index contributed by atoms with van der Waals surface area (Å²) in [6.07, 6.45) is -3.33. The summed E-state index contributed by atoms with van der Waals surface area (Å²) < 4.78 is 117. The van der Waals surface area contributed by atoms with Crippen molar-refractivity contribution >= 4 is 10.2 Å².